The van der Waals surface area contributed by atoms with E-state index in [4.69, 9.17) is 4.74 Å². The van der Waals surface area contributed by atoms with Gasteiger partial charge in [0.15, 0.2) is 0 Å². The summed E-state index contributed by atoms with van der Waals surface area (Å²) >= 11 is 3.47. The maximum atomic E-state index is 5.79. The summed E-state index contributed by atoms with van der Waals surface area (Å²) in [6, 6.07) is 16.5. The van der Waals surface area contributed by atoms with Crippen molar-refractivity contribution in [2.24, 2.45) is 0 Å². The minimum Gasteiger partial charge on any atom is -0.489 e. The first kappa shape index (κ1) is 12.2. The van der Waals surface area contributed by atoms with Crippen molar-refractivity contribution in [3.63, 3.8) is 0 Å². The zero-order valence-electron chi connectivity index (χ0n) is 9.82. The Morgan fingerprint density at radius 3 is 2.47 bits per heavy atom. The fourth-order valence-electron chi connectivity index (χ4n) is 1.73. The molecule has 0 aliphatic heterocycles. The minimum atomic E-state index is 0.617. The van der Waals surface area contributed by atoms with Gasteiger partial charge in [0.1, 0.15) is 12.4 Å². The summed E-state index contributed by atoms with van der Waals surface area (Å²) in [7, 11) is 0. The number of aryl methyl sites for hydroxylation is 1. The summed E-state index contributed by atoms with van der Waals surface area (Å²) in [5.74, 6) is 0.934. The lowest BCUT2D eigenvalue weighted by Crippen LogP contribution is -1.96. The molecule has 0 fully saturated rings. The molecule has 0 heterocycles. The molecule has 0 aliphatic carbocycles. The number of benzene rings is 2. The van der Waals surface area contributed by atoms with Crippen LogP contribution in [-0.4, -0.2) is 0 Å². The van der Waals surface area contributed by atoms with E-state index in [0.29, 0.717) is 6.61 Å². The molecular formula is C15H15BrO. The molecule has 0 aromatic heterocycles. The van der Waals surface area contributed by atoms with Crippen LogP contribution in [0.15, 0.2) is 48.5 Å². The highest BCUT2D eigenvalue weighted by molar-refractivity contribution is 9.08. The van der Waals surface area contributed by atoms with E-state index in [1.54, 1.807) is 0 Å². The van der Waals surface area contributed by atoms with Crippen molar-refractivity contribution >= 4 is 15.9 Å². The van der Waals surface area contributed by atoms with Gasteiger partial charge in [0.2, 0.25) is 0 Å². The first-order chi connectivity index (χ1) is 8.28. The molecule has 2 aromatic carbocycles. The molecule has 2 aromatic rings. The van der Waals surface area contributed by atoms with E-state index in [2.05, 4.69) is 53.2 Å². The molecule has 0 saturated heterocycles. The Balaban J connectivity index is 2.06. The van der Waals surface area contributed by atoms with Gasteiger partial charge in [-0.2, -0.15) is 0 Å². The first-order valence-corrected chi connectivity index (χ1v) is 6.73. The lowest BCUT2D eigenvalue weighted by molar-refractivity contribution is 0.306. The summed E-state index contributed by atoms with van der Waals surface area (Å²) in [4.78, 5) is 0. The SMILES string of the molecule is Cc1cc(CBr)cc(OCc2ccccc2)c1. The maximum Gasteiger partial charge on any atom is 0.120 e. The van der Waals surface area contributed by atoms with Crippen LogP contribution in [-0.2, 0) is 11.9 Å². The molecule has 2 rings (SSSR count). The van der Waals surface area contributed by atoms with Crippen molar-refractivity contribution in [1.29, 1.82) is 0 Å². The molecule has 0 saturated carbocycles. The zero-order chi connectivity index (χ0) is 12.1. The van der Waals surface area contributed by atoms with Crippen molar-refractivity contribution < 1.29 is 4.74 Å². The van der Waals surface area contributed by atoms with Crippen molar-refractivity contribution in [3.8, 4) is 5.75 Å². The number of rotatable bonds is 4. The van der Waals surface area contributed by atoms with Crippen LogP contribution in [0.2, 0.25) is 0 Å². The average molecular weight is 291 g/mol. The molecule has 0 bridgehead atoms. The van der Waals surface area contributed by atoms with Crippen LogP contribution in [0.1, 0.15) is 16.7 Å². The lowest BCUT2D eigenvalue weighted by Gasteiger charge is -2.08. The van der Waals surface area contributed by atoms with Gasteiger partial charge >= 0.3 is 0 Å². The second-order valence-electron chi connectivity index (χ2n) is 4.06. The Hall–Kier alpha value is -1.28. The molecule has 0 spiro atoms. The van der Waals surface area contributed by atoms with Gasteiger partial charge in [-0.15, -0.1) is 0 Å². The maximum absolute atomic E-state index is 5.79. The Labute approximate surface area is 111 Å². The predicted molar refractivity (Wildman–Crippen MR) is 74.6 cm³/mol. The summed E-state index contributed by atoms with van der Waals surface area (Å²) in [6.07, 6.45) is 0. The normalized spacial score (nSPS) is 10.2. The Morgan fingerprint density at radius 2 is 1.76 bits per heavy atom. The minimum absolute atomic E-state index is 0.617. The van der Waals surface area contributed by atoms with Crippen molar-refractivity contribution in [3.05, 3.63) is 65.2 Å². The Kier molecular flexibility index (Phi) is 4.21. The van der Waals surface area contributed by atoms with E-state index in [1.807, 2.05) is 18.2 Å². The van der Waals surface area contributed by atoms with E-state index < -0.39 is 0 Å². The van der Waals surface area contributed by atoms with E-state index >= 15 is 0 Å². The van der Waals surface area contributed by atoms with E-state index in [0.717, 1.165) is 11.1 Å². The second kappa shape index (κ2) is 5.87. The largest absolute Gasteiger partial charge is 0.489 e. The summed E-state index contributed by atoms with van der Waals surface area (Å²) in [5.41, 5.74) is 3.66. The van der Waals surface area contributed by atoms with Crippen molar-refractivity contribution in [1.82, 2.24) is 0 Å². The van der Waals surface area contributed by atoms with Gasteiger partial charge in [-0.1, -0.05) is 52.3 Å². The summed E-state index contributed by atoms with van der Waals surface area (Å²) < 4.78 is 5.79. The van der Waals surface area contributed by atoms with Crippen LogP contribution in [0.4, 0.5) is 0 Å². The van der Waals surface area contributed by atoms with E-state index in [-0.39, 0.29) is 0 Å². The van der Waals surface area contributed by atoms with Gasteiger partial charge in [0.25, 0.3) is 0 Å². The van der Waals surface area contributed by atoms with Gasteiger partial charge in [-0.3, -0.25) is 0 Å². The summed E-state index contributed by atoms with van der Waals surface area (Å²) in [5, 5.41) is 0.858. The molecule has 0 aliphatic rings. The van der Waals surface area contributed by atoms with Crippen LogP contribution in [0.25, 0.3) is 0 Å². The van der Waals surface area contributed by atoms with Crippen LogP contribution >= 0.6 is 15.9 Å². The van der Waals surface area contributed by atoms with Crippen LogP contribution in [0.3, 0.4) is 0 Å². The van der Waals surface area contributed by atoms with Crippen LogP contribution in [0.5, 0.6) is 5.75 Å². The quantitative estimate of drug-likeness (QED) is 0.755. The Morgan fingerprint density at radius 1 is 1.00 bits per heavy atom. The van der Waals surface area contributed by atoms with E-state index in [9.17, 15) is 0 Å². The number of halogens is 1. The summed E-state index contributed by atoms with van der Waals surface area (Å²) in [6.45, 7) is 2.70. The number of hydrogen-bond donors (Lipinski definition) is 0. The molecule has 88 valence electrons. The molecule has 0 atom stereocenters. The van der Waals surface area contributed by atoms with Gasteiger partial charge in [0.05, 0.1) is 0 Å². The standard InChI is InChI=1S/C15H15BrO/c1-12-7-14(10-16)9-15(8-12)17-11-13-5-3-2-4-6-13/h2-9H,10-11H2,1H3. The monoisotopic (exact) mass is 290 g/mol. The lowest BCUT2D eigenvalue weighted by atomic mass is 10.1. The zero-order valence-corrected chi connectivity index (χ0v) is 11.4. The molecule has 1 nitrogen and oxygen atoms in total. The highest BCUT2D eigenvalue weighted by Gasteiger charge is 1.99. The highest BCUT2D eigenvalue weighted by Crippen LogP contribution is 2.19. The van der Waals surface area contributed by atoms with Crippen LogP contribution in [0, 0.1) is 6.92 Å². The molecule has 0 amide bonds. The van der Waals surface area contributed by atoms with Gasteiger partial charge < -0.3 is 4.74 Å². The molecule has 2 heteroatoms. The fourth-order valence-corrected chi connectivity index (χ4v) is 2.05. The molecular weight excluding hydrogens is 276 g/mol. The number of ether oxygens (including phenoxy) is 1. The Bertz CT molecular complexity index is 480. The van der Waals surface area contributed by atoms with Gasteiger partial charge in [0, 0.05) is 5.33 Å². The number of alkyl halides is 1. The average Bonchev–Trinajstić information content (AvgIpc) is 2.37. The molecule has 0 unspecified atom stereocenters. The topological polar surface area (TPSA) is 9.23 Å². The van der Waals surface area contributed by atoms with E-state index in [1.165, 1.54) is 16.7 Å². The van der Waals surface area contributed by atoms with Gasteiger partial charge in [-0.25, -0.2) is 0 Å². The first-order valence-electron chi connectivity index (χ1n) is 5.61. The van der Waals surface area contributed by atoms with Crippen molar-refractivity contribution in [2.75, 3.05) is 0 Å². The second-order valence-corrected chi connectivity index (χ2v) is 4.62. The third kappa shape index (κ3) is 3.60. The molecule has 0 N–H and O–H groups in total. The number of hydrogen-bond acceptors (Lipinski definition) is 1. The predicted octanol–water partition coefficient (Wildman–Crippen LogP) is 4.47. The van der Waals surface area contributed by atoms with Crippen LogP contribution < -0.4 is 4.74 Å². The van der Waals surface area contributed by atoms with Crippen molar-refractivity contribution in [2.45, 2.75) is 18.9 Å². The highest BCUT2D eigenvalue weighted by atomic mass is 79.9. The third-order valence-electron chi connectivity index (χ3n) is 2.51. The molecule has 17 heavy (non-hydrogen) atoms. The van der Waals surface area contributed by atoms with Gasteiger partial charge in [-0.05, 0) is 35.7 Å². The molecule has 0 radical (unpaired) electrons. The smallest absolute Gasteiger partial charge is 0.120 e. The fraction of sp³-hybridized carbons (Fsp3) is 0.200. The third-order valence-corrected chi connectivity index (χ3v) is 3.16.